The first-order valence-electron chi connectivity index (χ1n) is 9.00. The van der Waals surface area contributed by atoms with Gasteiger partial charge in [-0.15, -0.1) is 0 Å². The Balaban J connectivity index is 1.63. The molecule has 22 heavy (non-hydrogen) atoms. The third kappa shape index (κ3) is 3.27. The van der Waals surface area contributed by atoms with Crippen LogP contribution >= 0.6 is 0 Å². The molecule has 122 valence electrons. The minimum Gasteiger partial charge on any atom is -0.356 e. The lowest BCUT2D eigenvalue weighted by Gasteiger charge is -2.39. The Kier molecular flexibility index (Phi) is 4.97. The van der Waals surface area contributed by atoms with Crippen LogP contribution < -0.4 is 4.90 Å². The zero-order chi connectivity index (χ0) is 15.5. The van der Waals surface area contributed by atoms with Crippen molar-refractivity contribution in [3.63, 3.8) is 0 Å². The Hall–Kier alpha value is -1.16. The van der Waals surface area contributed by atoms with Crippen molar-refractivity contribution in [3.05, 3.63) is 17.6 Å². The average Bonchev–Trinajstić information content (AvgIpc) is 3.09. The Morgan fingerprint density at radius 3 is 2.50 bits per heavy atom. The maximum Gasteiger partial charge on any atom is 0.135 e. The standard InChI is InChI=1S/C18H30N4/c1-4-16-13-19-15(3)20-18(16)22-11-7-17(8-12-22)14(2)21-9-5-6-10-21/h13-14,17H,4-12H2,1-3H3/t14-/m0/s1. The Bertz CT molecular complexity index is 488. The van der Waals surface area contributed by atoms with E-state index in [0.717, 1.165) is 37.3 Å². The van der Waals surface area contributed by atoms with E-state index >= 15 is 0 Å². The normalized spacial score (nSPS) is 22.2. The van der Waals surface area contributed by atoms with E-state index in [1.165, 1.54) is 50.2 Å². The second kappa shape index (κ2) is 6.95. The molecule has 2 aliphatic heterocycles. The molecule has 1 atom stereocenters. The van der Waals surface area contributed by atoms with Gasteiger partial charge in [0.15, 0.2) is 0 Å². The fourth-order valence-corrected chi connectivity index (χ4v) is 4.05. The lowest BCUT2D eigenvalue weighted by molar-refractivity contribution is 0.167. The molecule has 3 rings (SSSR count). The van der Waals surface area contributed by atoms with Crippen molar-refractivity contribution in [2.75, 3.05) is 31.1 Å². The first kappa shape index (κ1) is 15.7. The fourth-order valence-electron chi connectivity index (χ4n) is 4.05. The maximum absolute atomic E-state index is 4.72. The highest BCUT2D eigenvalue weighted by molar-refractivity contribution is 5.46. The first-order valence-corrected chi connectivity index (χ1v) is 9.00. The van der Waals surface area contributed by atoms with E-state index in [1.807, 2.05) is 13.1 Å². The van der Waals surface area contributed by atoms with Crippen LogP contribution in [0, 0.1) is 12.8 Å². The summed E-state index contributed by atoms with van der Waals surface area (Å²) in [7, 11) is 0. The van der Waals surface area contributed by atoms with Crippen LogP contribution in [-0.2, 0) is 6.42 Å². The summed E-state index contributed by atoms with van der Waals surface area (Å²) in [5.74, 6) is 2.92. The van der Waals surface area contributed by atoms with Crippen LogP contribution in [0.3, 0.4) is 0 Å². The molecule has 0 unspecified atom stereocenters. The van der Waals surface area contributed by atoms with Gasteiger partial charge in [-0.1, -0.05) is 6.92 Å². The molecule has 0 radical (unpaired) electrons. The second-order valence-electron chi connectivity index (χ2n) is 6.93. The van der Waals surface area contributed by atoms with Crippen molar-refractivity contribution in [2.45, 2.75) is 58.9 Å². The molecule has 0 saturated carbocycles. The van der Waals surface area contributed by atoms with Crippen LogP contribution in [0.5, 0.6) is 0 Å². The number of rotatable bonds is 4. The number of aromatic nitrogens is 2. The molecule has 0 aliphatic carbocycles. The van der Waals surface area contributed by atoms with E-state index in [4.69, 9.17) is 4.98 Å². The number of nitrogens with zero attached hydrogens (tertiary/aromatic N) is 4. The van der Waals surface area contributed by atoms with Crippen LogP contribution in [0.25, 0.3) is 0 Å². The number of hydrogen-bond donors (Lipinski definition) is 0. The van der Waals surface area contributed by atoms with E-state index < -0.39 is 0 Å². The maximum atomic E-state index is 4.72. The number of hydrogen-bond acceptors (Lipinski definition) is 4. The van der Waals surface area contributed by atoms with Crippen molar-refractivity contribution in [3.8, 4) is 0 Å². The van der Waals surface area contributed by atoms with Crippen molar-refractivity contribution >= 4 is 5.82 Å². The monoisotopic (exact) mass is 302 g/mol. The molecule has 2 aliphatic rings. The summed E-state index contributed by atoms with van der Waals surface area (Å²) in [6.45, 7) is 11.5. The van der Waals surface area contributed by atoms with Crippen LogP contribution in [0.1, 0.15) is 50.9 Å². The molecular formula is C18H30N4. The molecule has 0 amide bonds. The number of aryl methyl sites for hydroxylation is 2. The van der Waals surface area contributed by atoms with Crippen LogP contribution in [0.15, 0.2) is 6.20 Å². The number of anilines is 1. The Morgan fingerprint density at radius 2 is 1.86 bits per heavy atom. The molecule has 0 aromatic carbocycles. The highest BCUT2D eigenvalue weighted by atomic mass is 15.2. The van der Waals surface area contributed by atoms with Crippen LogP contribution in [0.2, 0.25) is 0 Å². The van der Waals surface area contributed by atoms with Crippen LogP contribution in [0.4, 0.5) is 5.82 Å². The summed E-state index contributed by atoms with van der Waals surface area (Å²) in [6, 6.07) is 0.752. The van der Waals surface area contributed by atoms with Gasteiger partial charge in [0.1, 0.15) is 11.6 Å². The average molecular weight is 302 g/mol. The molecular weight excluding hydrogens is 272 g/mol. The van der Waals surface area contributed by atoms with Gasteiger partial charge in [-0.2, -0.15) is 0 Å². The Morgan fingerprint density at radius 1 is 1.18 bits per heavy atom. The van der Waals surface area contributed by atoms with E-state index in [9.17, 15) is 0 Å². The third-order valence-electron chi connectivity index (χ3n) is 5.58. The highest BCUT2D eigenvalue weighted by Gasteiger charge is 2.29. The molecule has 4 heteroatoms. The number of likely N-dealkylation sites (tertiary alicyclic amines) is 1. The smallest absolute Gasteiger partial charge is 0.135 e. The minimum absolute atomic E-state index is 0.752. The van der Waals surface area contributed by atoms with Crippen molar-refractivity contribution in [1.29, 1.82) is 0 Å². The summed E-state index contributed by atoms with van der Waals surface area (Å²) in [6.07, 6.45) is 8.40. The SMILES string of the molecule is CCc1cnc(C)nc1N1CCC([C@H](C)N2CCCC2)CC1. The lowest BCUT2D eigenvalue weighted by Crippen LogP contribution is -2.43. The lowest BCUT2D eigenvalue weighted by atomic mass is 9.89. The molecule has 0 bridgehead atoms. The van der Waals surface area contributed by atoms with E-state index in [-0.39, 0.29) is 0 Å². The summed E-state index contributed by atoms with van der Waals surface area (Å²) in [5.41, 5.74) is 1.29. The number of piperidine rings is 1. The largest absolute Gasteiger partial charge is 0.356 e. The van der Waals surface area contributed by atoms with Crippen LogP contribution in [-0.4, -0.2) is 47.1 Å². The molecule has 2 fully saturated rings. The fraction of sp³-hybridized carbons (Fsp3) is 0.778. The van der Waals surface area contributed by atoms with Gasteiger partial charge in [0.05, 0.1) is 0 Å². The van der Waals surface area contributed by atoms with Crippen molar-refractivity contribution in [2.24, 2.45) is 5.92 Å². The summed E-state index contributed by atoms with van der Waals surface area (Å²) in [4.78, 5) is 14.3. The zero-order valence-electron chi connectivity index (χ0n) is 14.4. The van der Waals surface area contributed by atoms with E-state index in [2.05, 4.69) is 28.6 Å². The molecule has 2 saturated heterocycles. The summed E-state index contributed by atoms with van der Waals surface area (Å²) >= 11 is 0. The van der Waals surface area contributed by atoms with Gasteiger partial charge < -0.3 is 9.80 Å². The van der Waals surface area contributed by atoms with Gasteiger partial charge in [0, 0.05) is 30.9 Å². The van der Waals surface area contributed by atoms with Gasteiger partial charge in [-0.3, -0.25) is 0 Å². The van der Waals surface area contributed by atoms with E-state index in [1.54, 1.807) is 0 Å². The minimum atomic E-state index is 0.752. The molecule has 3 heterocycles. The predicted octanol–water partition coefficient (Wildman–Crippen LogP) is 3.05. The van der Waals surface area contributed by atoms with E-state index in [0.29, 0.717) is 0 Å². The van der Waals surface area contributed by atoms with Gasteiger partial charge in [-0.25, -0.2) is 9.97 Å². The molecule has 1 aromatic rings. The summed E-state index contributed by atoms with van der Waals surface area (Å²) in [5, 5.41) is 0. The van der Waals surface area contributed by atoms with Gasteiger partial charge >= 0.3 is 0 Å². The predicted molar refractivity (Wildman–Crippen MR) is 91.4 cm³/mol. The Labute approximate surface area is 134 Å². The van der Waals surface area contributed by atoms with Gasteiger partial charge in [0.25, 0.3) is 0 Å². The molecule has 0 spiro atoms. The van der Waals surface area contributed by atoms with Crippen molar-refractivity contribution < 1.29 is 0 Å². The second-order valence-corrected chi connectivity index (χ2v) is 6.93. The third-order valence-corrected chi connectivity index (χ3v) is 5.58. The molecule has 0 N–H and O–H groups in total. The first-order chi connectivity index (χ1) is 10.7. The topological polar surface area (TPSA) is 32.3 Å². The molecule has 1 aromatic heterocycles. The van der Waals surface area contributed by atoms with Gasteiger partial charge in [0.2, 0.25) is 0 Å². The van der Waals surface area contributed by atoms with Gasteiger partial charge in [-0.05, 0) is 65.0 Å². The highest BCUT2D eigenvalue weighted by Crippen LogP contribution is 2.29. The summed E-state index contributed by atoms with van der Waals surface area (Å²) < 4.78 is 0. The molecule has 4 nitrogen and oxygen atoms in total. The quantitative estimate of drug-likeness (QED) is 0.856. The van der Waals surface area contributed by atoms with Crippen molar-refractivity contribution in [1.82, 2.24) is 14.9 Å². The zero-order valence-corrected chi connectivity index (χ0v) is 14.4.